The van der Waals surface area contributed by atoms with Crippen LogP contribution in [0.15, 0.2) is 52.0 Å². The molecule has 1 unspecified atom stereocenters. The van der Waals surface area contributed by atoms with Crippen LogP contribution in [0.3, 0.4) is 0 Å². The lowest BCUT2D eigenvalue weighted by Crippen LogP contribution is -2.29. The fourth-order valence-corrected chi connectivity index (χ4v) is 3.87. The molecule has 112 valence electrons. The maximum atomic E-state index is 12.5. The predicted octanol–water partition coefficient (Wildman–Crippen LogP) is 2.86. The van der Waals surface area contributed by atoms with Crippen molar-refractivity contribution < 1.29 is 8.42 Å². The lowest BCUT2D eigenvalue weighted by atomic mass is 10.1. The van der Waals surface area contributed by atoms with E-state index in [4.69, 9.17) is 5.73 Å². The second-order valence-electron chi connectivity index (χ2n) is 4.53. The first-order valence-electron chi connectivity index (χ1n) is 6.42. The SMILES string of the molecule is CCC(NS(=O)(=O)c1cc(Br)cnc1N)c1ccccc1. The van der Waals surface area contributed by atoms with Crippen molar-refractivity contribution in [3.8, 4) is 0 Å². The Morgan fingerprint density at radius 3 is 2.62 bits per heavy atom. The van der Waals surface area contributed by atoms with Crippen molar-refractivity contribution >= 4 is 31.8 Å². The molecule has 5 nitrogen and oxygen atoms in total. The number of nitrogen functional groups attached to an aromatic ring is 1. The summed E-state index contributed by atoms with van der Waals surface area (Å²) < 4.78 is 28.2. The predicted molar refractivity (Wildman–Crippen MR) is 86.1 cm³/mol. The lowest BCUT2D eigenvalue weighted by molar-refractivity contribution is 0.550. The molecule has 0 saturated heterocycles. The molecule has 7 heteroatoms. The van der Waals surface area contributed by atoms with Gasteiger partial charge >= 0.3 is 0 Å². The van der Waals surface area contributed by atoms with Gasteiger partial charge in [-0.25, -0.2) is 18.1 Å². The summed E-state index contributed by atoms with van der Waals surface area (Å²) in [7, 11) is -3.74. The monoisotopic (exact) mass is 369 g/mol. The van der Waals surface area contributed by atoms with Gasteiger partial charge in [0.05, 0.1) is 0 Å². The van der Waals surface area contributed by atoms with Crippen LogP contribution in [-0.4, -0.2) is 13.4 Å². The first kappa shape index (κ1) is 15.9. The standard InChI is InChI=1S/C14H16BrN3O2S/c1-2-12(10-6-4-3-5-7-10)18-21(19,20)13-8-11(15)9-17-14(13)16/h3-9,12,18H,2H2,1H3,(H2,16,17). The van der Waals surface area contributed by atoms with Crippen LogP contribution in [0.2, 0.25) is 0 Å². The van der Waals surface area contributed by atoms with Gasteiger partial charge in [-0.05, 0) is 34.0 Å². The maximum Gasteiger partial charge on any atom is 0.244 e. The van der Waals surface area contributed by atoms with Crippen molar-refractivity contribution in [2.45, 2.75) is 24.3 Å². The third kappa shape index (κ3) is 3.81. The lowest BCUT2D eigenvalue weighted by Gasteiger charge is -2.18. The summed E-state index contributed by atoms with van der Waals surface area (Å²) in [6.07, 6.45) is 2.09. The number of nitrogens with two attached hydrogens (primary N) is 1. The number of anilines is 1. The third-order valence-electron chi connectivity index (χ3n) is 3.05. The smallest absolute Gasteiger partial charge is 0.244 e. The first-order chi connectivity index (χ1) is 9.94. The molecule has 0 aliphatic heterocycles. The second kappa shape index (κ2) is 6.55. The Hall–Kier alpha value is -1.44. The van der Waals surface area contributed by atoms with Gasteiger partial charge in [0.25, 0.3) is 0 Å². The zero-order valence-corrected chi connectivity index (χ0v) is 13.9. The van der Waals surface area contributed by atoms with Crippen molar-refractivity contribution in [2.75, 3.05) is 5.73 Å². The van der Waals surface area contributed by atoms with Gasteiger partial charge in [0.15, 0.2) is 0 Å². The van der Waals surface area contributed by atoms with Crippen LogP contribution in [0.1, 0.15) is 24.9 Å². The molecule has 2 aromatic rings. The number of nitrogens with one attached hydrogen (secondary N) is 1. The molecule has 21 heavy (non-hydrogen) atoms. The van der Waals surface area contributed by atoms with Crippen LogP contribution in [0.4, 0.5) is 5.82 Å². The van der Waals surface area contributed by atoms with Crippen molar-refractivity contribution in [3.63, 3.8) is 0 Å². The molecular formula is C14H16BrN3O2S. The van der Waals surface area contributed by atoms with Crippen molar-refractivity contribution in [1.29, 1.82) is 0 Å². The second-order valence-corrected chi connectivity index (χ2v) is 7.13. The third-order valence-corrected chi connectivity index (χ3v) is 4.98. The fraction of sp³-hybridized carbons (Fsp3) is 0.214. The highest BCUT2D eigenvalue weighted by molar-refractivity contribution is 9.10. The number of sulfonamides is 1. The average Bonchev–Trinajstić information content (AvgIpc) is 2.48. The van der Waals surface area contributed by atoms with Crippen LogP contribution in [-0.2, 0) is 10.0 Å². The van der Waals surface area contributed by atoms with Gasteiger partial charge in [0.1, 0.15) is 10.7 Å². The minimum absolute atomic E-state index is 0.0198. The summed E-state index contributed by atoms with van der Waals surface area (Å²) in [6, 6.07) is 10.6. The van der Waals surface area contributed by atoms with Gasteiger partial charge in [0.2, 0.25) is 10.0 Å². The van der Waals surface area contributed by atoms with E-state index in [0.29, 0.717) is 10.9 Å². The van der Waals surface area contributed by atoms with Gasteiger partial charge in [0, 0.05) is 16.7 Å². The Morgan fingerprint density at radius 2 is 2.00 bits per heavy atom. The topological polar surface area (TPSA) is 85.1 Å². The van der Waals surface area contributed by atoms with Crippen LogP contribution >= 0.6 is 15.9 Å². The molecular weight excluding hydrogens is 354 g/mol. The Balaban J connectivity index is 2.34. The van der Waals surface area contributed by atoms with E-state index < -0.39 is 10.0 Å². The number of hydrogen-bond donors (Lipinski definition) is 2. The maximum absolute atomic E-state index is 12.5. The molecule has 0 amide bonds. The first-order valence-corrected chi connectivity index (χ1v) is 8.70. The molecule has 0 spiro atoms. The van der Waals surface area contributed by atoms with Crippen molar-refractivity contribution in [1.82, 2.24) is 9.71 Å². The molecule has 0 bridgehead atoms. The number of rotatable bonds is 5. The minimum Gasteiger partial charge on any atom is -0.383 e. The highest BCUT2D eigenvalue weighted by atomic mass is 79.9. The molecule has 1 aromatic carbocycles. The zero-order chi connectivity index (χ0) is 15.5. The van der Waals surface area contributed by atoms with Crippen LogP contribution in [0.5, 0.6) is 0 Å². The summed E-state index contributed by atoms with van der Waals surface area (Å²) in [5.74, 6) is -0.0198. The van der Waals surface area contributed by atoms with E-state index in [9.17, 15) is 8.42 Å². The molecule has 1 heterocycles. The molecule has 2 rings (SSSR count). The van der Waals surface area contributed by atoms with Gasteiger partial charge in [-0.2, -0.15) is 0 Å². The van der Waals surface area contributed by atoms with E-state index in [2.05, 4.69) is 25.6 Å². The van der Waals surface area contributed by atoms with E-state index in [1.807, 2.05) is 37.3 Å². The van der Waals surface area contributed by atoms with E-state index in [-0.39, 0.29) is 16.8 Å². The fourth-order valence-electron chi connectivity index (χ4n) is 1.97. The quantitative estimate of drug-likeness (QED) is 0.848. The van der Waals surface area contributed by atoms with Gasteiger partial charge < -0.3 is 5.73 Å². The summed E-state index contributed by atoms with van der Waals surface area (Å²) in [5.41, 5.74) is 6.59. The Labute approximate surface area is 132 Å². The van der Waals surface area contributed by atoms with E-state index in [0.717, 1.165) is 5.56 Å². The summed E-state index contributed by atoms with van der Waals surface area (Å²) >= 11 is 3.21. The number of aromatic nitrogens is 1. The molecule has 1 atom stereocenters. The molecule has 0 aliphatic rings. The Morgan fingerprint density at radius 1 is 1.33 bits per heavy atom. The number of benzene rings is 1. The molecule has 3 N–H and O–H groups in total. The number of pyridine rings is 1. The molecule has 0 fully saturated rings. The van der Waals surface area contributed by atoms with E-state index in [1.54, 1.807) is 0 Å². The van der Waals surface area contributed by atoms with Crippen LogP contribution in [0, 0.1) is 0 Å². The number of hydrogen-bond acceptors (Lipinski definition) is 4. The van der Waals surface area contributed by atoms with Gasteiger partial charge in [-0.15, -0.1) is 0 Å². The van der Waals surface area contributed by atoms with Gasteiger partial charge in [-0.3, -0.25) is 0 Å². The van der Waals surface area contributed by atoms with Crippen LogP contribution < -0.4 is 10.5 Å². The van der Waals surface area contributed by atoms with E-state index in [1.165, 1.54) is 12.3 Å². The molecule has 0 aliphatic carbocycles. The molecule has 0 saturated carbocycles. The average molecular weight is 370 g/mol. The summed E-state index contributed by atoms with van der Waals surface area (Å²) in [5, 5.41) is 0. The van der Waals surface area contributed by atoms with Crippen molar-refractivity contribution in [2.24, 2.45) is 0 Å². The van der Waals surface area contributed by atoms with Crippen molar-refractivity contribution in [3.05, 3.63) is 52.6 Å². The highest BCUT2D eigenvalue weighted by Crippen LogP contribution is 2.24. The Kier molecular flexibility index (Phi) is 4.97. The number of halogens is 1. The summed E-state index contributed by atoms with van der Waals surface area (Å²) in [4.78, 5) is 3.84. The Bertz CT molecular complexity index is 720. The van der Waals surface area contributed by atoms with Crippen LogP contribution in [0.25, 0.3) is 0 Å². The number of nitrogens with zero attached hydrogens (tertiary/aromatic N) is 1. The largest absolute Gasteiger partial charge is 0.383 e. The highest BCUT2D eigenvalue weighted by Gasteiger charge is 2.23. The molecule has 1 aromatic heterocycles. The van der Waals surface area contributed by atoms with E-state index >= 15 is 0 Å². The van der Waals surface area contributed by atoms with Gasteiger partial charge in [-0.1, -0.05) is 37.3 Å². The molecule has 0 radical (unpaired) electrons. The summed E-state index contributed by atoms with van der Waals surface area (Å²) in [6.45, 7) is 1.92. The zero-order valence-electron chi connectivity index (χ0n) is 11.5. The minimum atomic E-state index is -3.74. The normalized spacial score (nSPS) is 13.0.